The highest BCUT2D eigenvalue weighted by atomic mass is 35.5. The lowest BCUT2D eigenvalue weighted by Gasteiger charge is -2.25. The molecule has 0 spiro atoms. The quantitative estimate of drug-likeness (QED) is 0.516. The minimum Gasteiger partial charge on any atom is -0.319 e. The topological polar surface area (TPSA) is 69.2 Å². The SMILES string of the molecule is Cl.N[C@H](c1ccc(Cl)c([N+](=O)[O-])c1)C(F)(F)C(F)(F)F. The van der Waals surface area contributed by atoms with Crippen LogP contribution in [-0.4, -0.2) is 17.0 Å². The molecule has 11 heteroatoms. The molecule has 0 fully saturated rings. The zero-order valence-corrected chi connectivity index (χ0v) is 10.9. The van der Waals surface area contributed by atoms with Crippen molar-refractivity contribution in [3.05, 3.63) is 38.9 Å². The summed E-state index contributed by atoms with van der Waals surface area (Å²) in [4.78, 5) is 9.50. The first kappa shape index (κ1) is 18.8. The maximum Gasteiger partial charge on any atom is 0.455 e. The fourth-order valence-corrected chi connectivity index (χ4v) is 1.44. The number of nitro groups is 1. The van der Waals surface area contributed by atoms with Crippen molar-refractivity contribution in [2.24, 2.45) is 5.73 Å². The van der Waals surface area contributed by atoms with Crippen LogP contribution in [-0.2, 0) is 0 Å². The Labute approximate surface area is 120 Å². The zero-order chi connectivity index (χ0) is 15.0. The van der Waals surface area contributed by atoms with E-state index in [-0.39, 0.29) is 12.4 Å². The summed E-state index contributed by atoms with van der Waals surface area (Å²) in [5.74, 6) is -5.21. The van der Waals surface area contributed by atoms with E-state index in [1.807, 2.05) is 0 Å². The lowest BCUT2D eigenvalue weighted by Crippen LogP contribution is -2.45. The predicted octanol–water partition coefficient (Wildman–Crippen LogP) is 3.87. The fraction of sp³-hybridized carbons (Fsp3) is 0.333. The Morgan fingerprint density at radius 2 is 1.75 bits per heavy atom. The van der Waals surface area contributed by atoms with Crippen LogP contribution in [0.5, 0.6) is 0 Å². The predicted molar refractivity (Wildman–Crippen MR) is 63.3 cm³/mol. The van der Waals surface area contributed by atoms with E-state index in [0.717, 1.165) is 12.1 Å². The van der Waals surface area contributed by atoms with Crippen LogP contribution < -0.4 is 5.73 Å². The molecule has 1 rings (SSSR count). The van der Waals surface area contributed by atoms with Gasteiger partial charge in [-0.2, -0.15) is 22.0 Å². The fourth-order valence-electron chi connectivity index (χ4n) is 1.25. The average molecular weight is 341 g/mol. The summed E-state index contributed by atoms with van der Waals surface area (Å²) in [6, 6.07) is -0.656. The second kappa shape index (κ2) is 6.06. The van der Waals surface area contributed by atoms with Gasteiger partial charge in [0.25, 0.3) is 5.69 Å². The van der Waals surface area contributed by atoms with Crippen LogP contribution in [0.15, 0.2) is 18.2 Å². The largest absolute Gasteiger partial charge is 0.455 e. The molecule has 1 aromatic carbocycles. The van der Waals surface area contributed by atoms with E-state index in [4.69, 9.17) is 17.3 Å². The number of benzene rings is 1. The highest BCUT2D eigenvalue weighted by Gasteiger charge is 2.61. The molecule has 1 aromatic rings. The van der Waals surface area contributed by atoms with Gasteiger partial charge in [0.1, 0.15) is 11.1 Å². The van der Waals surface area contributed by atoms with Crippen molar-refractivity contribution in [2.75, 3.05) is 0 Å². The molecule has 0 aliphatic heterocycles. The Balaban J connectivity index is 0.00000361. The summed E-state index contributed by atoms with van der Waals surface area (Å²) in [5, 5.41) is 10.1. The van der Waals surface area contributed by atoms with Crippen molar-refractivity contribution in [3.63, 3.8) is 0 Å². The van der Waals surface area contributed by atoms with Crippen LogP contribution in [0, 0.1) is 10.1 Å². The summed E-state index contributed by atoms with van der Waals surface area (Å²) < 4.78 is 62.3. The van der Waals surface area contributed by atoms with E-state index in [0.29, 0.717) is 6.07 Å². The Bertz CT molecular complexity index is 510. The molecule has 0 aromatic heterocycles. The highest BCUT2D eigenvalue weighted by molar-refractivity contribution is 6.32. The monoisotopic (exact) mass is 340 g/mol. The van der Waals surface area contributed by atoms with E-state index in [9.17, 15) is 32.1 Å². The number of hydrogen-bond donors (Lipinski definition) is 1. The van der Waals surface area contributed by atoms with Crippen LogP contribution in [0.4, 0.5) is 27.6 Å². The van der Waals surface area contributed by atoms with Gasteiger partial charge in [-0.25, -0.2) is 0 Å². The molecule has 20 heavy (non-hydrogen) atoms. The highest BCUT2D eigenvalue weighted by Crippen LogP contribution is 2.44. The lowest BCUT2D eigenvalue weighted by atomic mass is 10.0. The molecule has 4 nitrogen and oxygen atoms in total. The maximum absolute atomic E-state index is 13.0. The second-order valence-electron chi connectivity index (χ2n) is 3.57. The van der Waals surface area contributed by atoms with Crippen molar-refractivity contribution in [1.29, 1.82) is 0 Å². The van der Waals surface area contributed by atoms with Gasteiger partial charge in [0.2, 0.25) is 0 Å². The van der Waals surface area contributed by atoms with Gasteiger partial charge in [0.15, 0.2) is 0 Å². The molecule has 2 N–H and O–H groups in total. The normalized spacial score (nSPS) is 13.6. The van der Waals surface area contributed by atoms with E-state index in [2.05, 4.69) is 0 Å². The molecule has 0 saturated carbocycles. The third-order valence-corrected chi connectivity index (χ3v) is 2.61. The molecular weight excluding hydrogens is 334 g/mol. The number of nitro benzene ring substituents is 1. The minimum atomic E-state index is -5.86. The maximum atomic E-state index is 13.0. The van der Waals surface area contributed by atoms with Gasteiger partial charge < -0.3 is 5.73 Å². The Morgan fingerprint density at radius 1 is 1.25 bits per heavy atom. The third kappa shape index (κ3) is 3.47. The average Bonchev–Trinajstić information content (AvgIpc) is 2.26. The zero-order valence-electron chi connectivity index (χ0n) is 9.33. The van der Waals surface area contributed by atoms with E-state index < -0.39 is 39.3 Å². The molecule has 0 radical (unpaired) electrons. The Hall–Kier alpha value is -1.19. The van der Waals surface area contributed by atoms with Gasteiger partial charge in [-0.3, -0.25) is 10.1 Å². The first-order valence-corrected chi connectivity index (χ1v) is 5.00. The van der Waals surface area contributed by atoms with Crippen LogP contribution in [0.2, 0.25) is 5.02 Å². The molecule has 0 heterocycles. The van der Waals surface area contributed by atoms with Crippen LogP contribution in [0.1, 0.15) is 11.6 Å². The summed E-state index contributed by atoms with van der Waals surface area (Å²) in [6.45, 7) is 0. The van der Waals surface area contributed by atoms with Crippen molar-refractivity contribution in [3.8, 4) is 0 Å². The summed E-state index contributed by atoms with van der Waals surface area (Å²) >= 11 is 5.41. The Morgan fingerprint density at radius 3 is 2.15 bits per heavy atom. The van der Waals surface area contributed by atoms with Crippen LogP contribution in [0.25, 0.3) is 0 Å². The molecule has 0 aliphatic carbocycles. The van der Waals surface area contributed by atoms with E-state index in [1.54, 1.807) is 0 Å². The van der Waals surface area contributed by atoms with Crippen molar-refractivity contribution in [2.45, 2.75) is 18.1 Å². The third-order valence-electron chi connectivity index (χ3n) is 2.29. The number of nitrogens with two attached hydrogens (primary N) is 1. The van der Waals surface area contributed by atoms with Crippen LogP contribution in [0.3, 0.4) is 0 Å². The van der Waals surface area contributed by atoms with Gasteiger partial charge in [-0.1, -0.05) is 17.7 Å². The van der Waals surface area contributed by atoms with Gasteiger partial charge in [-0.05, 0) is 11.6 Å². The lowest BCUT2D eigenvalue weighted by molar-refractivity contribution is -0.384. The molecule has 0 amide bonds. The molecule has 0 saturated heterocycles. The van der Waals surface area contributed by atoms with E-state index in [1.165, 1.54) is 0 Å². The van der Waals surface area contributed by atoms with E-state index >= 15 is 0 Å². The van der Waals surface area contributed by atoms with Crippen molar-refractivity contribution >= 4 is 29.7 Å². The molecular formula is C9H7Cl2F5N2O2. The second-order valence-corrected chi connectivity index (χ2v) is 3.97. The molecule has 0 aliphatic rings. The standard InChI is InChI=1S/C9H6ClF5N2O2.ClH/c10-5-2-1-4(3-6(5)17(18)19)7(16)8(11,12)9(13,14)15;/h1-3,7H,16H2;1H/t7-;/m1./s1. The number of nitrogens with zero attached hydrogens (tertiary/aromatic N) is 1. The number of alkyl halides is 5. The first-order chi connectivity index (χ1) is 8.48. The molecule has 1 atom stereocenters. The first-order valence-electron chi connectivity index (χ1n) is 4.62. The van der Waals surface area contributed by atoms with Gasteiger partial charge in [0, 0.05) is 6.07 Å². The smallest absolute Gasteiger partial charge is 0.319 e. The minimum absolute atomic E-state index is 0. The van der Waals surface area contributed by atoms with Crippen molar-refractivity contribution in [1.82, 2.24) is 0 Å². The van der Waals surface area contributed by atoms with Crippen molar-refractivity contribution < 1.29 is 26.9 Å². The molecule has 0 bridgehead atoms. The summed E-state index contributed by atoms with van der Waals surface area (Å²) in [7, 11) is 0. The van der Waals surface area contributed by atoms with Gasteiger partial charge in [0.05, 0.1) is 4.92 Å². The van der Waals surface area contributed by atoms with Gasteiger partial charge >= 0.3 is 12.1 Å². The molecule has 0 unspecified atom stereocenters. The molecule has 114 valence electrons. The summed E-state index contributed by atoms with van der Waals surface area (Å²) in [5.41, 5.74) is 3.31. The number of rotatable bonds is 3. The summed E-state index contributed by atoms with van der Waals surface area (Å²) in [6.07, 6.45) is -5.86. The van der Waals surface area contributed by atoms with Crippen LogP contribution >= 0.6 is 24.0 Å². The number of hydrogen-bond acceptors (Lipinski definition) is 3. The Kier molecular flexibility index (Phi) is 5.70. The van der Waals surface area contributed by atoms with Gasteiger partial charge in [-0.15, -0.1) is 12.4 Å². The number of halogens is 7.